The number of unbranched alkanes of at least 4 members (excludes halogenated alkanes) is 4. The fourth-order valence-corrected chi connectivity index (χ4v) is 3.72. The van der Waals surface area contributed by atoms with Gasteiger partial charge in [-0.15, -0.1) is 12.4 Å². The van der Waals surface area contributed by atoms with Crippen LogP contribution in [0.3, 0.4) is 0 Å². The second-order valence-electron chi connectivity index (χ2n) is 6.89. The van der Waals surface area contributed by atoms with Crippen molar-refractivity contribution in [2.24, 2.45) is 0 Å². The van der Waals surface area contributed by atoms with Crippen molar-refractivity contribution in [3.63, 3.8) is 0 Å². The van der Waals surface area contributed by atoms with Gasteiger partial charge in [-0.25, -0.2) is 0 Å². The normalized spacial score (nSPS) is 17.3. The van der Waals surface area contributed by atoms with Gasteiger partial charge in [0, 0.05) is 5.56 Å². The molecule has 3 rings (SSSR count). The number of hydrogen-bond acceptors (Lipinski definition) is 4. The minimum absolute atomic E-state index is 0. The summed E-state index contributed by atoms with van der Waals surface area (Å²) in [6.07, 6.45) is 9.58. The van der Waals surface area contributed by atoms with Gasteiger partial charge in [-0.05, 0) is 50.6 Å². The highest BCUT2D eigenvalue weighted by Gasteiger charge is 2.29. The first kappa shape index (κ1) is 20.1. The van der Waals surface area contributed by atoms with Crippen molar-refractivity contribution in [2.45, 2.75) is 64.3 Å². The van der Waals surface area contributed by atoms with Crippen LogP contribution in [0.15, 0.2) is 18.2 Å². The molecular formula is C20H30ClNO3. The molecule has 0 aromatic heterocycles. The summed E-state index contributed by atoms with van der Waals surface area (Å²) < 4.78 is 10.8. The number of likely N-dealkylation sites (tertiary alicyclic amines) is 1. The smallest absolute Gasteiger partial charge is 0.231 e. The molecule has 0 saturated carbocycles. The molecule has 0 amide bonds. The predicted molar refractivity (Wildman–Crippen MR) is 102 cm³/mol. The number of halogens is 1. The SMILES string of the molecule is CCCCCCCC(C(=O)c1ccc2c(c1)OCO2)N1CCCC1.Cl. The van der Waals surface area contributed by atoms with Crippen LogP contribution in [0.1, 0.15) is 68.6 Å². The summed E-state index contributed by atoms with van der Waals surface area (Å²) in [5, 5.41) is 0. The molecule has 0 N–H and O–H groups in total. The van der Waals surface area contributed by atoms with Gasteiger partial charge >= 0.3 is 0 Å². The Morgan fingerprint density at radius 1 is 1.08 bits per heavy atom. The molecular weight excluding hydrogens is 338 g/mol. The summed E-state index contributed by atoms with van der Waals surface area (Å²) in [5.74, 6) is 1.68. The number of fused-ring (bicyclic) bond motifs is 1. The van der Waals surface area contributed by atoms with Crippen LogP contribution in [-0.2, 0) is 0 Å². The van der Waals surface area contributed by atoms with Gasteiger partial charge in [0.15, 0.2) is 17.3 Å². The van der Waals surface area contributed by atoms with Crippen LogP contribution in [-0.4, -0.2) is 36.6 Å². The molecule has 4 nitrogen and oxygen atoms in total. The van der Waals surface area contributed by atoms with Gasteiger partial charge in [0.2, 0.25) is 6.79 Å². The maximum Gasteiger partial charge on any atom is 0.231 e. The molecule has 5 heteroatoms. The van der Waals surface area contributed by atoms with Crippen molar-refractivity contribution in [3.05, 3.63) is 23.8 Å². The number of carbonyl (C=O) groups excluding carboxylic acids is 1. The number of carbonyl (C=O) groups is 1. The summed E-state index contributed by atoms with van der Waals surface area (Å²) in [7, 11) is 0. The lowest BCUT2D eigenvalue weighted by Gasteiger charge is -2.26. The maximum absolute atomic E-state index is 13.1. The topological polar surface area (TPSA) is 38.8 Å². The molecule has 1 atom stereocenters. The first-order valence-corrected chi connectivity index (χ1v) is 9.47. The molecule has 1 aromatic rings. The van der Waals surface area contributed by atoms with Crippen LogP contribution in [0.25, 0.3) is 0 Å². The number of nitrogens with zero attached hydrogens (tertiary/aromatic N) is 1. The van der Waals surface area contributed by atoms with E-state index in [0.717, 1.165) is 37.2 Å². The van der Waals surface area contributed by atoms with Crippen LogP contribution < -0.4 is 9.47 Å². The molecule has 1 aromatic carbocycles. The molecule has 0 bridgehead atoms. The van der Waals surface area contributed by atoms with Gasteiger partial charge in [-0.2, -0.15) is 0 Å². The lowest BCUT2D eigenvalue weighted by atomic mass is 9.97. The van der Waals surface area contributed by atoms with Crippen LogP contribution in [0.5, 0.6) is 11.5 Å². The Balaban J connectivity index is 0.00000225. The van der Waals surface area contributed by atoms with Crippen molar-refractivity contribution in [3.8, 4) is 11.5 Å². The van der Waals surface area contributed by atoms with E-state index in [9.17, 15) is 4.79 Å². The lowest BCUT2D eigenvalue weighted by molar-refractivity contribution is 0.0834. The van der Waals surface area contributed by atoms with E-state index in [4.69, 9.17) is 9.47 Å². The Bertz CT molecular complexity index is 558. The summed E-state index contributed by atoms with van der Waals surface area (Å²) in [6.45, 7) is 4.59. The van der Waals surface area contributed by atoms with E-state index in [2.05, 4.69) is 11.8 Å². The Morgan fingerprint density at radius 3 is 2.56 bits per heavy atom. The van der Waals surface area contributed by atoms with Crippen LogP contribution >= 0.6 is 12.4 Å². The molecule has 1 fully saturated rings. The molecule has 25 heavy (non-hydrogen) atoms. The Kier molecular flexibility index (Phi) is 8.04. The van der Waals surface area contributed by atoms with E-state index >= 15 is 0 Å². The molecule has 1 saturated heterocycles. The third-order valence-corrected chi connectivity index (χ3v) is 5.12. The maximum atomic E-state index is 13.1. The number of ketones is 1. The van der Waals surface area contributed by atoms with Gasteiger partial charge in [-0.3, -0.25) is 9.69 Å². The number of Topliss-reactive ketones (excluding diaryl/α,β-unsaturated/α-hetero) is 1. The lowest BCUT2D eigenvalue weighted by Crippen LogP contribution is -2.39. The molecule has 2 aliphatic rings. The van der Waals surface area contributed by atoms with Gasteiger partial charge in [0.1, 0.15) is 0 Å². The van der Waals surface area contributed by atoms with E-state index in [1.165, 1.54) is 38.5 Å². The van der Waals surface area contributed by atoms with Crippen LogP contribution in [0, 0.1) is 0 Å². The van der Waals surface area contributed by atoms with E-state index in [0.29, 0.717) is 5.75 Å². The average molecular weight is 368 g/mol. The molecule has 140 valence electrons. The number of ether oxygens (including phenoxy) is 2. The monoisotopic (exact) mass is 367 g/mol. The third kappa shape index (κ3) is 5.11. The van der Waals surface area contributed by atoms with E-state index < -0.39 is 0 Å². The van der Waals surface area contributed by atoms with Crippen molar-refractivity contribution in [1.82, 2.24) is 4.90 Å². The highest BCUT2D eigenvalue weighted by Crippen LogP contribution is 2.33. The molecule has 1 unspecified atom stereocenters. The zero-order valence-corrected chi connectivity index (χ0v) is 16.0. The highest BCUT2D eigenvalue weighted by molar-refractivity contribution is 6.00. The number of hydrogen-bond donors (Lipinski definition) is 0. The second-order valence-corrected chi connectivity index (χ2v) is 6.89. The number of rotatable bonds is 9. The Morgan fingerprint density at radius 2 is 1.80 bits per heavy atom. The fraction of sp³-hybridized carbons (Fsp3) is 0.650. The molecule has 0 aliphatic carbocycles. The summed E-state index contributed by atoms with van der Waals surface area (Å²) >= 11 is 0. The van der Waals surface area contributed by atoms with Crippen molar-refractivity contribution < 1.29 is 14.3 Å². The number of benzene rings is 1. The van der Waals surface area contributed by atoms with Gasteiger partial charge < -0.3 is 9.47 Å². The van der Waals surface area contributed by atoms with E-state index in [1.54, 1.807) is 0 Å². The molecule has 0 radical (unpaired) electrons. The van der Waals surface area contributed by atoms with Crippen molar-refractivity contribution in [2.75, 3.05) is 19.9 Å². The molecule has 0 spiro atoms. The highest BCUT2D eigenvalue weighted by atomic mass is 35.5. The van der Waals surface area contributed by atoms with Crippen LogP contribution in [0.2, 0.25) is 0 Å². The first-order chi connectivity index (χ1) is 11.8. The molecule has 2 heterocycles. The Hall–Kier alpha value is -1.26. The van der Waals surface area contributed by atoms with Gasteiger partial charge in [-0.1, -0.05) is 39.0 Å². The zero-order valence-electron chi connectivity index (χ0n) is 15.2. The third-order valence-electron chi connectivity index (χ3n) is 5.12. The minimum Gasteiger partial charge on any atom is -0.454 e. The van der Waals surface area contributed by atoms with Crippen LogP contribution in [0.4, 0.5) is 0 Å². The van der Waals surface area contributed by atoms with Gasteiger partial charge in [0.05, 0.1) is 6.04 Å². The second kappa shape index (κ2) is 10.0. The molecule has 2 aliphatic heterocycles. The van der Waals surface area contributed by atoms with Gasteiger partial charge in [0.25, 0.3) is 0 Å². The predicted octanol–water partition coefficient (Wildman–Crippen LogP) is 4.84. The standard InChI is InChI=1S/C20H29NO3.ClH/c1-2-3-4-5-6-9-17(21-12-7-8-13-21)20(22)16-10-11-18-19(14-16)24-15-23-18;/h10-11,14,17H,2-9,12-13,15H2,1H3;1H. The van der Waals surface area contributed by atoms with E-state index in [1.807, 2.05) is 18.2 Å². The zero-order chi connectivity index (χ0) is 16.8. The Labute approximate surface area is 157 Å². The fourth-order valence-electron chi connectivity index (χ4n) is 3.72. The first-order valence-electron chi connectivity index (χ1n) is 9.47. The van der Waals surface area contributed by atoms with Crippen molar-refractivity contribution in [1.29, 1.82) is 0 Å². The largest absolute Gasteiger partial charge is 0.454 e. The minimum atomic E-state index is 0. The van der Waals surface area contributed by atoms with E-state index in [-0.39, 0.29) is 31.0 Å². The van der Waals surface area contributed by atoms with Crippen molar-refractivity contribution >= 4 is 18.2 Å². The summed E-state index contributed by atoms with van der Waals surface area (Å²) in [6, 6.07) is 5.62. The summed E-state index contributed by atoms with van der Waals surface area (Å²) in [4.78, 5) is 15.5. The quantitative estimate of drug-likeness (QED) is 0.462. The average Bonchev–Trinajstić information content (AvgIpc) is 3.28. The summed E-state index contributed by atoms with van der Waals surface area (Å²) in [5.41, 5.74) is 0.754.